The van der Waals surface area contributed by atoms with Crippen LogP contribution in [0.3, 0.4) is 0 Å². The highest BCUT2D eigenvalue weighted by atomic mass is 35.5. The van der Waals surface area contributed by atoms with Crippen molar-refractivity contribution < 1.29 is 17.6 Å². The number of likely N-dealkylation sites (tertiary alicyclic amines) is 1. The van der Waals surface area contributed by atoms with E-state index in [1.165, 1.54) is 22.1 Å². The SMILES string of the molecule is CC1CCN(C(=O)C(=CN(C)C)S(=O)(=O)c2ccc(Cl)cc2F)CC1. The zero-order chi connectivity index (χ0) is 18.8. The molecule has 25 heavy (non-hydrogen) atoms. The van der Waals surface area contributed by atoms with Crippen LogP contribution in [-0.4, -0.2) is 51.3 Å². The van der Waals surface area contributed by atoms with E-state index in [4.69, 9.17) is 11.6 Å². The normalized spacial score (nSPS) is 16.8. The van der Waals surface area contributed by atoms with Crippen molar-refractivity contribution in [1.82, 2.24) is 9.80 Å². The van der Waals surface area contributed by atoms with Gasteiger partial charge < -0.3 is 9.80 Å². The number of nitrogens with zero attached hydrogens (tertiary/aromatic N) is 2. The first-order chi connectivity index (χ1) is 11.6. The van der Waals surface area contributed by atoms with Crippen LogP contribution in [0.25, 0.3) is 0 Å². The maximum Gasteiger partial charge on any atom is 0.267 e. The van der Waals surface area contributed by atoms with E-state index in [9.17, 15) is 17.6 Å². The summed E-state index contributed by atoms with van der Waals surface area (Å²) in [5, 5.41) is 0.0888. The smallest absolute Gasteiger partial charge is 0.267 e. The molecule has 0 aromatic heterocycles. The largest absolute Gasteiger partial charge is 0.382 e. The van der Waals surface area contributed by atoms with Crippen LogP contribution >= 0.6 is 11.6 Å². The molecule has 1 aromatic carbocycles. The summed E-state index contributed by atoms with van der Waals surface area (Å²) in [7, 11) is -1.09. The Labute approximate surface area is 153 Å². The molecule has 0 atom stereocenters. The number of sulfone groups is 1. The molecule has 8 heteroatoms. The molecule has 0 bridgehead atoms. The molecule has 0 saturated carbocycles. The summed E-state index contributed by atoms with van der Waals surface area (Å²) in [6.45, 7) is 3.07. The number of halogens is 2. The van der Waals surface area contributed by atoms with E-state index in [0.29, 0.717) is 19.0 Å². The van der Waals surface area contributed by atoms with Crippen LogP contribution in [-0.2, 0) is 14.6 Å². The van der Waals surface area contributed by atoms with E-state index < -0.39 is 31.4 Å². The lowest BCUT2D eigenvalue weighted by atomic mass is 9.99. The summed E-state index contributed by atoms with van der Waals surface area (Å²) in [5.41, 5.74) is 0. The molecule has 0 N–H and O–H groups in total. The minimum absolute atomic E-state index is 0.0888. The van der Waals surface area contributed by atoms with Gasteiger partial charge in [-0.1, -0.05) is 18.5 Å². The fourth-order valence-corrected chi connectivity index (χ4v) is 4.32. The van der Waals surface area contributed by atoms with E-state index >= 15 is 0 Å². The molecule has 2 rings (SSSR count). The van der Waals surface area contributed by atoms with E-state index in [0.717, 1.165) is 25.0 Å². The first kappa shape index (κ1) is 19.7. The molecule has 1 aliphatic heterocycles. The predicted octanol–water partition coefficient (Wildman–Crippen LogP) is 2.91. The molecular formula is C17H22ClFN2O3S. The second-order valence-electron chi connectivity index (χ2n) is 6.51. The maximum atomic E-state index is 14.2. The number of carbonyl (C=O) groups excluding carboxylic acids is 1. The van der Waals surface area contributed by atoms with Crippen LogP contribution in [0.1, 0.15) is 19.8 Å². The topological polar surface area (TPSA) is 57.7 Å². The molecule has 1 fully saturated rings. The minimum atomic E-state index is -4.31. The molecule has 1 aromatic rings. The van der Waals surface area contributed by atoms with E-state index in [1.54, 1.807) is 14.1 Å². The number of carbonyl (C=O) groups is 1. The van der Waals surface area contributed by atoms with Crippen LogP contribution < -0.4 is 0 Å². The molecule has 0 radical (unpaired) electrons. The molecule has 0 spiro atoms. The third-order valence-electron chi connectivity index (χ3n) is 4.13. The molecule has 138 valence electrons. The molecule has 1 aliphatic rings. The second-order valence-corrected chi connectivity index (χ2v) is 8.83. The Kier molecular flexibility index (Phi) is 6.11. The van der Waals surface area contributed by atoms with Crippen LogP contribution in [0, 0.1) is 11.7 Å². The fraction of sp³-hybridized carbons (Fsp3) is 0.471. The van der Waals surface area contributed by atoms with Gasteiger partial charge in [0.25, 0.3) is 5.91 Å². The summed E-state index contributed by atoms with van der Waals surface area (Å²) in [5.74, 6) is -1.08. The van der Waals surface area contributed by atoms with Gasteiger partial charge in [0, 0.05) is 38.4 Å². The highest BCUT2D eigenvalue weighted by molar-refractivity contribution is 7.96. The monoisotopic (exact) mass is 388 g/mol. The summed E-state index contributed by atoms with van der Waals surface area (Å²) >= 11 is 5.70. The number of benzene rings is 1. The second kappa shape index (κ2) is 7.74. The van der Waals surface area contributed by atoms with Gasteiger partial charge in [-0.3, -0.25) is 4.79 Å². The molecule has 1 amide bonds. The third kappa shape index (κ3) is 4.52. The Morgan fingerprint density at radius 3 is 2.44 bits per heavy atom. The first-order valence-corrected chi connectivity index (χ1v) is 9.86. The van der Waals surface area contributed by atoms with Crippen LogP contribution in [0.4, 0.5) is 4.39 Å². The number of rotatable bonds is 4. The Hall–Kier alpha value is -1.60. The zero-order valence-corrected chi connectivity index (χ0v) is 16.1. The third-order valence-corrected chi connectivity index (χ3v) is 6.13. The summed E-state index contributed by atoms with van der Waals surface area (Å²) in [6, 6.07) is 3.30. The zero-order valence-electron chi connectivity index (χ0n) is 14.5. The predicted molar refractivity (Wildman–Crippen MR) is 95.3 cm³/mol. The Morgan fingerprint density at radius 2 is 1.92 bits per heavy atom. The molecule has 1 saturated heterocycles. The minimum Gasteiger partial charge on any atom is -0.382 e. The van der Waals surface area contributed by atoms with Crippen LogP contribution in [0.2, 0.25) is 5.02 Å². The van der Waals surface area contributed by atoms with Crippen molar-refractivity contribution in [3.05, 3.63) is 40.1 Å². The molecule has 5 nitrogen and oxygen atoms in total. The number of hydrogen-bond acceptors (Lipinski definition) is 4. The van der Waals surface area contributed by atoms with Crippen molar-refractivity contribution in [1.29, 1.82) is 0 Å². The van der Waals surface area contributed by atoms with Crippen LogP contribution in [0.5, 0.6) is 0 Å². The van der Waals surface area contributed by atoms with E-state index in [1.807, 2.05) is 0 Å². The Morgan fingerprint density at radius 1 is 1.32 bits per heavy atom. The fourth-order valence-electron chi connectivity index (χ4n) is 2.65. The Bertz CT molecular complexity index is 785. The average Bonchev–Trinajstić information content (AvgIpc) is 2.52. The van der Waals surface area contributed by atoms with Crippen molar-refractivity contribution in [3.8, 4) is 0 Å². The van der Waals surface area contributed by atoms with Gasteiger partial charge in [-0.25, -0.2) is 12.8 Å². The summed E-state index contributed by atoms with van der Waals surface area (Å²) in [6.07, 6.45) is 2.86. The van der Waals surface area contributed by atoms with Gasteiger partial charge in [0.1, 0.15) is 10.7 Å². The molecule has 0 aliphatic carbocycles. The lowest BCUT2D eigenvalue weighted by Gasteiger charge is -2.31. The highest BCUT2D eigenvalue weighted by Crippen LogP contribution is 2.27. The summed E-state index contributed by atoms with van der Waals surface area (Å²) < 4.78 is 40.0. The van der Waals surface area contributed by atoms with Gasteiger partial charge in [-0.15, -0.1) is 0 Å². The van der Waals surface area contributed by atoms with Gasteiger partial charge in [-0.05, 0) is 37.0 Å². The van der Waals surface area contributed by atoms with Crippen molar-refractivity contribution in [3.63, 3.8) is 0 Å². The maximum absolute atomic E-state index is 14.2. The van der Waals surface area contributed by atoms with Crippen molar-refractivity contribution in [2.24, 2.45) is 5.92 Å². The van der Waals surface area contributed by atoms with Crippen molar-refractivity contribution in [2.45, 2.75) is 24.7 Å². The van der Waals surface area contributed by atoms with E-state index in [2.05, 4.69) is 6.92 Å². The molecular weight excluding hydrogens is 367 g/mol. The Balaban J connectivity index is 2.45. The molecule has 1 heterocycles. The number of piperidine rings is 1. The standard InChI is InChI=1S/C17H22ClFN2O3S/c1-12-6-8-21(9-7-12)17(22)16(11-20(2)3)25(23,24)15-5-4-13(18)10-14(15)19/h4-5,10-12H,6-9H2,1-3H3. The van der Waals surface area contributed by atoms with Gasteiger partial charge in [-0.2, -0.15) is 0 Å². The van der Waals surface area contributed by atoms with Gasteiger partial charge in [0.2, 0.25) is 9.84 Å². The van der Waals surface area contributed by atoms with Gasteiger partial charge in [0.15, 0.2) is 4.91 Å². The van der Waals surface area contributed by atoms with Crippen molar-refractivity contribution >= 4 is 27.3 Å². The molecule has 0 unspecified atom stereocenters. The number of hydrogen-bond donors (Lipinski definition) is 0. The lowest BCUT2D eigenvalue weighted by molar-refractivity contribution is -0.127. The highest BCUT2D eigenvalue weighted by Gasteiger charge is 2.34. The number of amides is 1. The average molecular weight is 389 g/mol. The first-order valence-electron chi connectivity index (χ1n) is 8.00. The van der Waals surface area contributed by atoms with Crippen molar-refractivity contribution in [2.75, 3.05) is 27.2 Å². The van der Waals surface area contributed by atoms with Crippen LogP contribution in [0.15, 0.2) is 34.2 Å². The van der Waals surface area contributed by atoms with Gasteiger partial charge >= 0.3 is 0 Å². The van der Waals surface area contributed by atoms with Gasteiger partial charge in [0.05, 0.1) is 0 Å². The quantitative estimate of drug-likeness (QED) is 0.744. The van der Waals surface area contributed by atoms with E-state index in [-0.39, 0.29) is 5.02 Å². The summed E-state index contributed by atoms with van der Waals surface area (Å²) in [4.78, 5) is 14.8. The lowest BCUT2D eigenvalue weighted by Crippen LogP contribution is -2.40.